The van der Waals surface area contributed by atoms with Gasteiger partial charge in [-0.1, -0.05) is 59.6 Å². The number of hydrogen-bond acceptors (Lipinski definition) is 4. The summed E-state index contributed by atoms with van der Waals surface area (Å²) in [5.74, 6) is -1.16. The summed E-state index contributed by atoms with van der Waals surface area (Å²) in [6.45, 7) is 0.866. The zero-order valence-corrected chi connectivity index (χ0v) is 21.1. The van der Waals surface area contributed by atoms with Crippen molar-refractivity contribution in [1.29, 1.82) is 0 Å². The quantitative estimate of drug-likeness (QED) is 0.227. The molecule has 1 unspecified atom stereocenters. The van der Waals surface area contributed by atoms with Crippen LogP contribution < -0.4 is 10.1 Å². The highest BCUT2D eigenvalue weighted by Crippen LogP contribution is 2.24. The molecule has 1 aliphatic rings. The van der Waals surface area contributed by atoms with Gasteiger partial charge in [0.05, 0.1) is 10.0 Å². The zero-order chi connectivity index (χ0) is 25.5. The molecule has 1 N–H and O–H groups in total. The van der Waals surface area contributed by atoms with Gasteiger partial charge in [0.1, 0.15) is 17.4 Å². The Bertz CT molecular complexity index is 1230. The van der Waals surface area contributed by atoms with E-state index in [9.17, 15) is 14.4 Å². The number of Topliss-reactive ketones (excluding diaryl/α,β-unsaturated/α-hetero) is 1. The molecular weight excluding hydrogens is 499 g/mol. The fraction of sp³-hybridized carbons (Fsp3) is 0.250. The first-order valence-corrected chi connectivity index (χ1v) is 12.5. The maximum Gasteiger partial charge on any atom is 0.290 e. The maximum absolute atomic E-state index is 12.6. The van der Waals surface area contributed by atoms with Crippen LogP contribution in [0.15, 0.2) is 72.8 Å². The second-order valence-corrected chi connectivity index (χ2v) is 9.43. The smallest absolute Gasteiger partial charge is 0.290 e. The van der Waals surface area contributed by atoms with Gasteiger partial charge in [-0.05, 0) is 66.8 Å². The van der Waals surface area contributed by atoms with Crippen molar-refractivity contribution in [3.63, 3.8) is 0 Å². The van der Waals surface area contributed by atoms with Gasteiger partial charge in [0, 0.05) is 19.6 Å². The van der Waals surface area contributed by atoms with E-state index in [0.29, 0.717) is 48.1 Å². The molecule has 6 nitrogen and oxygen atoms in total. The molecule has 0 bridgehead atoms. The van der Waals surface area contributed by atoms with E-state index in [2.05, 4.69) is 5.32 Å². The van der Waals surface area contributed by atoms with Gasteiger partial charge in [0.25, 0.3) is 5.91 Å². The van der Waals surface area contributed by atoms with Gasteiger partial charge >= 0.3 is 0 Å². The van der Waals surface area contributed by atoms with Crippen molar-refractivity contribution in [3.8, 4) is 11.5 Å². The van der Waals surface area contributed by atoms with Crippen molar-refractivity contribution in [2.24, 2.45) is 5.92 Å². The molecule has 0 saturated carbocycles. The summed E-state index contributed by atoms with van der Waals surface area (Å²) < 4.78 is 5.79. The van der Waals surface area contributed by atoms with E-state index in [1.165, 1.54) is 4.90 Å². The van der Waals surface area contributed by atoms with Gasteiger partial charge in [-0.3, -0.25) is 14.4 Å². The van der Waals surface area contributed by atoms with Crippen LogP contribution in [0.25, 0.3) is 0 Å². The maximum atomic E-state index is 12.6. The topological polar surface area (TPSA) is 75.7 Å². The van der Waals surface area contributed by atoms with Crippen LogP contribution in [0.2, 0.25) is 10.0 Å². The van der Waals surface area contributed by atoms with Crippen LogP contribution in [0.3, 0.4) is 0 Å². The number of ether oxygens (including phenoxy) is 1. The van der Waals surface area contributed by atoms with Crippen LogP contribution in [0, 0.1) is 5.92 Å². The molecule has 186 valence electrons. The molecule has 4 rings (SSSR count). The summed E-state index contributed by atoms with van der Waals surface area (Å²) in [5.41, 5.74) is 2.02. The number of carbonyl (C=O) groups is 3. The average molecular weight is 525 g/mol. The van der Waals surface area contributed by atoms with Crippen molar-refractivity contribution in [2.45, 2.75) is 19.3 Å². The van der Waals surface area contributed by atoms with Gasteiger partial charge in [0.15, 0.2) is 0 Å². The molecule has 0 aromatic heterocycles. The normalized spacial score (nSPS) is 15.3. The van der Waals surface area contributed by atoms with Gasteiger partial charge in [-0.25, -0.2) is 0 Å². The minimum atomic E-state index is -0.968. The molecule has 36 heavy (non-hydrogen) atoms. The molecule has 3 aromatic rings. The van der Waals surface area contributed by atoms with E-state index in [1.807, 2.05) is 60.7 Å². The van der Waals surface area contributed by atoms with E-state index in [-0.39, 0.29) is 6.54 Å². The van der Waals surface area contributed by atoms with Crippen molar-refractivity contribution < 1.29 is 19.1 Å². The van der Waals surface area contributed by atoms with Gasteiger partial charge in [0.2, 0.25) is 11.7 Å². The average Bonchev–Trinajstić information content (AvgIpc) is 3.17. The zero-order valence-electron chi connectivity index (χ0n) is 19.6. The number of nitrogens with one attached hydrogen (secondary N) is 1. The van der Waals surface area contributed by atoms with Crippen molar-refractivity contribution in [1.82, 2.24) is 10.2 Å². The van der Waals surface area contributed by atoms with Crippen molar-refractivity contribution in [2.75, 3.05) is 19.6 Å². The number of para-hydroxylation sites is 1. The first kappa shape index (κ1) is 25.7. The van der Waals surface area contributed by atoms with E-state index < -0.39 is 23.5 Å². The molecule has 1 heterocycles. The minimum Gasteiger partial charge on any atom is -0.457 e. The summed E-state index contributed by atoms with van der Waals surface area (Å²) in [5, 5.41) is 3.77. The summed E-state index contributed by atoms with van der Waals surface area (Å²) in [7, 11) is 0. The lowest BCUT2D eigenvalue weighted by atomic mass is 10.1. The van der Waals surface area contributed by atoms with Crippen LogP contribution >= 0.6 is 23.2 Å². The summed E-state index contributed by atoms with van der Waals surface area (Å²) in [6.07, 6.45) is 1.95. The third kappa shape index (κ3) is 6.65. The van der Waals surface area contributed by atoms with E-state index in [4.69, 9.17) is 27.9 Å². The first-order chi connectivity index (χ1) is 17.4. The molecular formula is C28H26Cl2N2O4. The summed E-state index contributed by atoms with van der Waals surface area (Å²) in [4.78, 5) is 38.9. The molecule has 1 saturated heterocycles. The SMILES string of the molecule is O=C(NCCCc1ccc(Cl)c(Cl)c1)C1CN(CCc2ccc(Oc3ccccc3)cc2)C(=O)C1=O. The van der Waals surface area contributed by atoms with E-state index in [0.717, 1.165) is 16.9 Å². The second-order valence-electron chi connectivity index (χ2n) is 8.62. The Labute approximate surface area is 220 Å². The first-order valence-electron chi connectivity index (χ1n) is 11.8. The Morgan fingerprint density at radius 3 is 2.31 bits per heavy atom. The van der Waals surface area contributed by atoms with Crippen LogP contribution in [0.5, 0.6) is 11.5 Å². The molecule has 1 fully saturated rings. The van der Waals surface area contributed by atoms with Crippen LogP contribution in [0.1, 0.15) is 17.5 Å². The summed E-state index contributed by atoms with van der Waals surface area (Å²) in [6, 6.07) is 22.5. The lowest BCUT2D eigenvalue weighted by Gasteiger charge is -2.15. The number of ketones is 1. The largest absolute Gasteiger partial charge is 0.457 e. The lowest BCUT2D eigenvalue weighted by Crippen LogP contribution is -2.36. The third-order valence-corrected chi connectivity index (χ3v) is 6.77. The fourth-order valence-corrected chi connectivity index (χ4v) is 4.34. The number of likely N-dealkylation sites (tertiary alicyclic amines) is 1. The molecule has 1 aliphatic heterocycles. The molecule has 0 radical (unpaired) electrons. The third-order valence-electron chi connectivity index (χ3n) is 6.03. The van der Waals surface area contributed by atoms with Crippen LogP contribution in [-0.4, -0.2) is 42.1 Å². The minimum absolute atomic E-state index is 0.103. The van der Waals surface area contributed by atoms with Gasteiger partial charge < -0.3 is 15.0 Å². The van der Waals surface area contributed by atoms with Gasteiger partial charge in [-0.2, -0.15) is 0 Å². The Hall–Kier alpha value is -3.35. The number of rotatable bonds is 10. The van der Waals surface area contributed by atoms with Crippen molar-refractivity contribution >= 4 is 40.8 Å². The van der Waals surface area contributed by atoms with Crippen molar-refractivity contribution in [3.05, 3.63) is 94.0 Å². The van der Waals surface area contributed by atoms with E-state index in [1.54, 1.807) is 12.1 Å². The Kier molecular flexibility index (Phi) is 8.62. The van der Waals surface area contributed by atoms with Crippen LogP contribution in [-0.2, 0) is 27.2 Å². The lowest BCUT2D eigenvalue weighted by molar-refractivity contribution is -0.142. The highest BCUT2D eigenvalue weighted by Gasteiger charge is 2.42. The van der Waals surface area contributed by atoms with E-state index >= 15 is 0 Å². The monoisotopic (exact) mass is 524 g/mol. The highest BCUT2D eigenvalue weighted by molar-refractivity contribution is 6.42. The predicted molar refractivity (Wildman–Crippen MR) is 140 cm³/mol. The molecule has 8 heteroatoms. The number of carbonyl (C=O) groups excluding carboxylic acids is 3. The number of amides is 2. The number of hydrogen-bond donors (Lipinski definition) is 1. The predicted octanol–water partition coefficient (Wildman–Crippen LogP) is 5.10. The Morgan fingerprint density at radius 1 is 0.889 bits per heavy atom. The summed E-state index contributed by atoms with van der Waals surface area (Å²) >= 11 is 12.0. The molecule has 2 amide bonds. The second kappa shape index (κ2) is 12.1. The molecule has 3 aromatic carbocycles. The number of benzene rings is 3. The number of aryl methyl sites for hydroxylation is 1. The molecule has 1 atom stereocenters. The fourth-order valence-electron chi connectivity index (χ4n) is 4.02. The van der Waals surface area contributed by atoms with Gasteiger partial charge in [-0.15, -0.1) is 0 Å². The van der Waals surface area contributed by atoms with Crippen LogP contribution in [0.4, 0.5) is 0 Å². The number of nitrogens with zero attached hydrogens (tertiary/aromatic N) is 1. The number of halogens is 2. The standard InChI is InChI=1S/C28H26Cl2N2O4/c29-24-13-10-20(17-25(24)30)5-4-15-31-27(34)23-18-32(28(35)26(23)33)16-14-19-8-11-22(12-9-19)36-21-6-2-1-3-7-21/h1-3,6-13,17,23H,4-5,14-16,18H2,(H,31,34). The molecule has 0 spiro atoms. The molecule has 0 aliphatic carbocycles. The Morgan fingerprint density at radius 2 is 1.58 bits per heavy atom. The Balaban J connectivity index is 1.22. The highest BCUT2D eigenvalue weighted by atomic mass is 35.5.